The number of aromatic nitrogens is 4. The van der Waals surface area contributed by atoms with Gasteiger partial charge < -0.3 is 10.2 Å². The Hall–Kier alpha value is -6.27. The predicted octanol–water partition coefficient (Wildman–Crippen LogP) is 5.65. The molecule has 0 spiro atoms. The lowest BCUT2D eigenvalue weighted by Gasteiger charge is -2.39. The molecular formula is C39H36F3N9O3. The van der Waals surface area contributed by atoms with Gasteiger partial charge in [-0.05, 0) is 92.4 Å². The average molecular weight is 736 g/mol. The standard InChI is InChI=1S/C39H36F3N9O3/c1-25-5-6-27(20-26(25)7-9-31-22-44-35-4-3-15-45-51(31)35)37(53)46-29-8-10-33(32(21-29)39(40,41)42)49-17-12-30(13-18-49)48(2)24-28-11-16-43-23-34(28)50-19-14-36(52)47-38(50)54/h3-6,8,10-11,15-16,20-23,30H,12-14,17-19,24H2,1-2H3,(H,46,53)(H,47,52,54). The number of alkyl halides is 3. The topological polar surface area (TPSA) is 128 Å². The van der Waals surface area contributed by atoms with E-state index in [-0.39, 0.29) is 41.9 Å². The van der Waals surface area contributed by atoms with Crippen molar-refractivity contribution in [1.82, 2.24) is 29.8 Å². The Labute approximate surface area is 309 Å². The van der Waals surface area contributed by atoms with Gasteiger partial charge in [-0.25, -0.2) is 14.3 Å². The minimum Gasteiger partial charge on any atom is -0.371 e. The number of rotatable bonds is 7. The molecule has 2 saturated heterocycles. The molecule has 2 aromatic carbocycles. The van der Waals surface area contributed by atoms with Crippen molar-refractivity contribution in [3.63, 3.8) is 0 Å². The molecule has 2 aliphatic heterocycles. The first-order valence-corrected chi connectivity index (χ1v) is 17.4. The van der Waals surface area contributed by atoms with Crippen molar-refractivity contribution < 1.29 is 27.6 Å². The molecule has 7 rings (SSSR count). The van der Waals surface area contributed by atoms with Gasteiger partial charge >= 0.3 is 12.2 Å². The highest BCUT2D eigenvalue weighted by Gasteiger charge is 2.37. The number of urea groups is 1. The van der Waals surface area contributed by atoms with E-state index in [0.717, 1.165) is 17.2 Å². The number of halogens is 3. The average Bonchev–Trinajstić information content (AvgIpc) is 3.57. The van der Waals surface area contributed by atoms with E-state index in [1.807, 2.05) is 20.0 Å². The van der Waals surface area contributed by atoms with Crippen molar-refractivity contribution in [3.8, 4) is 11.8 Å². The Morgan fingerprint density at radius 3 is 2.59 bits per heavy atom. The van der Waals surface area contributed by atoms with E-state index in [0.29, 0.717) is 55.1 Å². The zero-order valence-corrected chi connectivity index (χ0v) is 29.5. The SMILES string of the molecule is Cc1ccc(C(=O)Nc2ccc(N3CCC(N(C)Cc4ccncc4N4CCC(=O)NC4=O)CC3)c(C(F)(F)F)c2)cc1C#Cc1cnc2cccnn12. The number of carbonyl (C=O) groups is 3. The number of fused-ring (bicyclic) bond motifs is 1. The highest BCUT2D eigenvalue weighted by molar-refractivity contribution is 6.06. The van der Waals surface area contributed by atoms with Crippen molar-refractivity contribution in [2.45, 2.75) is 44.9 Å². The van der Waals surface area contributed by atoms with Crippen molar-refractivity contribution in [2.75, 3.05) is 41.8 Å². The van der Waals surface area contributed by atoms with Gasteiger partial charge in [0.25, 0.3) is 5.91 Å². The third kappa shape index (κ3) is 7.74. The minimum absolute atomic E-state index is 0.0237. The maximum Gasteiger partial charge on any atom is 0.418 e. The number of anilines is 3. The maximum atomic E-state index is 14.5. The zero-order valence-electron chi connectivity index (χ0n) is 29.5. The number of aryl methyl sites for hydroxylation is 1. The Morgan fingerprint density at radius 2 is 1.81 bits per heavy atom. The molecule has 2 N–H and O–H groups in total. The summed E-state index contributed by atoms with van der Waals surface area (Å²) in [6.07, 6.45) is 3.22. The van der Waals surface area contributed by atoms with E-state index in [2.05, 4.69) is 42.4 Å². The molecule has 276 valence electrons. The van der Waals surface area contributed by atoms with Crippen LogP contribution in [0.1, 0.15) is 57.6 Å². The fraction of sp³-hybridized carbons (Fsp3) is 0.282. The number of hydrogen-bond donors (Lipinski definition) is 2. The van der Waals surface area contributed by atoms with Gasteiger partial charge in [0.05, 0.1) is 23.6 Å². The largest absolute Gasteiger partial charge is 0.418 e. The quantitative estimate of drug-likeness (QED) is 0.206. The molecule has 0 bridgehead atoms. The third-order valence-electron chi connectivity index (χ3n) is 9.74. The summed E-state index contributed by atoms with van der Waals surface area (Å²) in [5.74, 6) is 5.21. The summed E-state index contributed by atoms with van der Waals surface area (Å²) in [4.78, 5) is 51.3. The molecule has 12 nitrogen and oxygen atoms in total. The fourth-order valence-electron chi connectivity index (χ4n) is 6.79. The van der Waals surface area contributed by atoms with Crippen LogP contribution in [-0.2, 0) is 17.5 Å². The van der Waals surface area contributed by atoms with Crippen LogP contribution < -0.4 is 20.4 Å². The molecule has 5 aromatic rings. The molecule has 0 aliphatic carbocycles. The summed E-state index contributed by atoms with van der Waals surface area (Å²) in [7, 11) is 1.95. The van der Waals surface area contributed by atoms with Crippen molar-refractivity contribution in [2.24, 2.45) is 0 Å². The summed E-state index contributed by atoms with van der Waals surface area (Å²) < 4.78 is 45.1. The second-order valence-electron chi connectivity index (χ2n) is 13.3. The van der Waals surface area contributed by atoms with Crippen LogP contribution >= 0.6 is 0 Å². The van der Waals surface area contributed by atoms with Crippen LogP contribution in [0.4, 0.5) is 35.0 Å². The maximum absolute atomic E-state index is 14.5. The molecule has 0 saturated carbocycles. The number of pyridine rings is 1. The smallest absolute Gasteiger partial charge is 0.371 e. The molecule has 0 radical (unpaired) electrons. The minimum atomic E-state index is -4.66. The van der Waals surface area contributed by atoms with E-state index in [1.54, 1.807) is 64.5 Å². The van der Waals surface area contributed by atoms with Crippen molar-refractivity contribution in [3.05, 3.63) is 113 Å². The lowest BCUT2D eigenvalue weighted by molar-refractivity contribution is -0.137. The molecule has 15 heteroatoms. The first-order valence-electron chi connectivity index (χ1n) is 17.4. The molecule has 5 heterocycles. The third-order valence-corrected chi connectivity index (χ3v) is 9.74. The van der Waals surface area contributed by atoms with E-state index in [1.165, 1.54) is 17.0 Å². The highest BCUT2D eigenvalue weighted by atomic mass is 19.4. The van der Waals surface area contributed by atoms with Crippen LogP contribution in [0.3, 0.4) is 0 Å². The van der Waals surface area contributed by atoms with E-state index >= 15 is 0 Å². The normalized spacial score (nSPS) is 15.3. The van der Waals surface area contributed by atoms with Crippen LogP contribution in [0, 0.1) is 18.8 Å². The number of imide groups is 1. The molecule has 0 atom stereocenters. The highest BCUT2D eigenvalue weighted by Crippen LogP contribution is 2.39. The first kappa shape index (κ1) is 36.1. The Morgan fingerprint density at radius 1 is 1.00 bits per heavy atom. The van der Waals surface area contributed by atoms with Gasteiger partial charge in [-0.3, -0.25) is 29.7 Å². The van der Waals surface area contributed by atoms with Gasteiger partial charge in [0.15, 0.2) is 5.65 Å². The molecule has 0 unspecified atom stereocenters. The fourth-order valence-corrected chi connectivity index (χ4v) is 6.79. The van der Waals surface area contributed by atoms with Crippen LogP contribution in [-0.4, -0.2) is 75.1 Å². The van der Waals surface area contributed by atoms with Crippen LogP contribution in [0.25, 0.3) is 5.65 Å². The number of nitrogens with one attached hydrogen (secondary N) is 2. The van der Waals surface area contributed by atoms with Gasteiger partial charge in [0.1, 0.15) is 5.69 Å². The zero-order chi connectivity index (χ0) is 38.0. The predicted molar refractivity (Wildman–Crippen MR) is 196 cm³/mol. The number of hydrogen-bond acceptors (Lipinski definition) is 8. The van der Waals surface area contributed by atoms with Crippen LogP contribution in [0.5, 0.6) is 0 Å². The first-order chi connectivity index (χ1) is 25.9. The van der Waals surface area contributed by atoms with Gasteiger partial charge in [0.2, 0.25) is 5.91 Å². The second-order valence-corrected chi connectivity index (χ2v) is 13.3. The summed E-state index contributed by atoms with van der Waals surface area (Å²) >= 11 is 0. The summed E-state index contributed by atoms with van der Waals surface area (Å²) in [5, 5.41) is 9.22. The molecule has 3 aromatic heterocycles. The van der Waals surface area contributed by atoms with E-state index in [4.69, 9.17) is 0 Å². The Kier molecular flexibility index (Phi) is 10.0. The monoisotopic (exact) mass is 735 g/mol. The van der Waals surface area contributed by atoms with Crippen LogP contribution in [0.2, 0.25) is 0 Å². The number of imidazole rings is 1. The molecule has 54 heavy (non-hydrogen) atoms. The van der Waals surface area contributed by atoms with Crippen molar-refractivity contribution in [1.29, 1.82) is 0 Å². The van der Waals surface area contributed by atoms with Gasteiger partial charge in [-0.2, -0.15) is 18.3 Å². The van der Waals surface area contributed by atoms with Gasteiger partial charge in [-0.1, -0.05) is 12.0 Å². The summed E-state index contributed by atoms with van der Waals surface area (Å²) in [5.41, 5.74) is 3.59. The van der Waals surface area contributed by atoms with Gasteiger partial charge in [-0.15, -0.1) is 0 Å². The second kappa shape index (κ2) is 15.0. The number of piperidine rings is 1. The summed E-state index contributed by atoms with van der Waals surface area (Å²) in [6.45, 7) is 3.37. The molecule has 2 aliphatic rings. The van der Waals surface area contributed by atoms with Crippen LogP contribution in [0.15, 0.2) is 79.4 Å². The van der Waals surface area contributed by atoms with E-state index in [9.17, 15) is 27.6 Å². The number of benzene rings is 2. The van der Waals surface area contributed by atoms with Gasteiger partial charge in [0, 0.05) is 73.5 Å². The molecular weight excluding hydrogens is 699 g/mol. The lowest BCUT2D eigenvalue weighted by Crippen LogP contribution is -2.50. The van der Waals surface area contributed by atoms with Crippen molar-refractivity contribution >= 4 is 40.6 Å². The Balaban J connectivity index is 1.02. The van der Waals surface area contributed by atoms with E-state index < -0.39 is 23.7 Å². The number of amides is 4. The summed E-state index contributed by atoms with van der Waals surface area (Å²) in [6, 6.07) is 13.8. The lowest BCUT2D eigenvalue weighted by atomic mass is 10.0. The Bertz CT molecular complexity index is 2310. The number of carbonyl (C=O) groups excluding carboxylic acids is 3. The number of nitrogens with zero attached hydrogens (tertiary/aromatic N) is 7. The molecule has 4 amide bonds. The molecule has 2 fully saturated rings.